The van der Waals surface area contributed by atoms with Gasteiger partial charge in [-0.05, 0) is 54.4 Å². The van der Waals surface area contributed by atoms with Gasteiger partial charge >= 0.3 is 23.9 Å². The number of carboxylic acids is 1. The first kappa shape index (κ1) is 25.9. The summed E-state index contributed by atoms with van der Waals surface area (Å²) in [7, 11) is 0. The number of esters is 3. The van der Waals surface area contributed by atoms with Gasteiger partial charge in [0.2, 0.25) is 6.79 Å². The Morgan fingerprint density at radius 2 is 1.32 bits per heavy atom. The number of carbonyl (C=O) groups is 4. The average Bonchev–Trinajstić information content (AvgIpc) is 2.54. The molecule has 0 aliphatic rings. The maximum absolute atomic E-state index is 12.3. The number of carboxylic acid groups (broad SMARTS) is 1. The van der Waals surface area contributed by atoms with Gasteiger partial charge in [0.15, 0.2) is 0 Å². The molecule has 1 N–H and O–H groups in total. The van der Waals surface area contributed by atoms with Crippen molar-refractivity contribution in [3.63, 3.8) is 0 Å². The Balaban J connectivity index is 4.63. The van der Waals surface area contributed by atoms with Crippen LogP contribution in [0.2, 0.25) is 0 Å². The number of unbranched alkanes of at least 4 members (excludes halogenated alkanes) is 2. The van der Waals surface area contributed by atoms with E-state index in [2.05, 4.69) is 0 Å². The SMILES string of the molecule is CC(C)(C)C(=O)OCOC(=O)C(CCCCCC(=O)O)COC(=O)C(C)(C)C. The van der Waals surface area contributed by atoms with E-state index in [-0.39, 0.29) is 13.0 Å². The Morgan fingerprint density at radius 1 is 0.786 bits per heavy atom. The first-order chi connectivity index (χ1) is 12.7. The summed E-state index contributed by atoms with van der Waals surface area (Å²) in [5.74, 6) is -3.12. The minimum atomic E-state index is -0.865. The Bertz CT molecular complexity index is 539. The molecule has 0 aromatic rings. The highest BCUT2D eigenvalue weighted by Gasteiger charge is 2.28. The van der Waals surface area contributed by atoms with E-state index in [1.807, 2.05) is 0 Å². The van der Waals surface area contributed by atoms with E-state index >= 15 is 0 Å². The van der Waals surface area contributed by atoms with E-state index in [1.54, 1.807) is 41.5 Å². The molecule has 0 aromatic carbocycles. The van der Waals surface area contributed by atoms with Crippen molar-refractivity contribution >= 4 is 23.9 Å². The zero-order valence-corrected chi connectivity index (χ0v) is 17.8. The summed E-state index contributed by atoms with van der Waals surface area (Å²) in [6.07, 6.45) is 2.16. The summed E-state index contributed by atoms with van der Waals surface area (Å²) < 4.78 is 15.2. The summed E-state index contributed by atoms with van der Waals surface area (Å²) in [4.78, 5) is 46.5. The standard InChI is InChI=1S/C20H34O8/c1-19(2,3)17(24)26-12-14(10-8-7-9-11-15(21)22)16(23)27-13-28-18(25)20(4,5)6/h14H,7-13H2,1-6H3,(H,21,22). The number of hydrogen-bond donors (Lipinski definition) is 1. The molecule has 8 nitrogen and oxygen atoms in total. The lowest BCUT2D eigenvalue weighted by molar-refractivity contribution is -0.177. The van der Waals surface area contributed by atoms with Crippen LogP contribution in [0.4, 0.5) is 0 Å². The predicted octanol–water partition coefficient (Wildman–Crippen LogP) is 3.32. The number of rotatable bonds is 11. The fraction of sp³-hybridized carbons (Fsp3) is 0.800. The molecule has 8 heteroatoms. The molecular weight excluding hydrogens is 368 g/mol. The molecule has 0 bridgehead atoms. The van der Waals surface area contributed by atoms with Crippen molar-refractivity contribution in [2.45, 2.75) is 73.6 Å². The van der Waals surface area contributed by atoms with E-state index in [1.165, 1.54) is 0 Å². The number of carbonyl (C=O) groups excluding carboxylic acids is 3. The van der Waals surface area contributed by atoms with Gasteiger partial charge in [-0.3, -0.25) is 19.2 Å². The molecular formula is C20H34O8. The van der Waals surface area contributed by atoms with Crippen LogP contribution in [-0.2, 0) is 33.4 Å². The van der Waals surface area contributed by atoms with E-state index in [9.17, 15) is 19.2 Å². The van der Waals surface area contributed by atoms with Crippen molar-refractivity contribution in [2.24, 2.45) is 16.7 Å². The zero-order valence-electron chi connectivity index (χ0n) is 17.8. The fourth-order valence-electron chi connectivity index (χ4n) is 1.98. The third-order valence-electron chi connectivity index (χ3n) is 3.81. The Labute approximate surface area is 166 Å². The van der Waals surface area contributed by atoms with Gasteiger partial charge in [-0.25, -0.2) is 0 Å². The summed E-state index contributed by atoms with van der Waals surface area (Å²) in [5, 5.41) is 8.66. The summed E-state index contributed by atoms with van der Waals surface area (Å²) in [6, 6.07) is 0. The van der Waals surface area contributed by atoms with Crippen LogP contribution in [0, 0.1) is 16.7 Å². The molecule has 0 aliphatic carbocycles. The first-order valence-corrected chi connectivity index (χ1v) is 9.48. The quantitative estimate of drug-likeness (QED) is 0.318. The third kappa shape index (κ3) is 11.6. The molecule has 28 heavy (non-hydrogen) atoms. The van der Waals surface area contributed by atoms with Gasteiger partial charge < -0.3 is 19.3 Å². The highest BCUT2D eigenvalue weighted by molar-refractivity contribution is 5.77. The van der Waals surface area contributed by atoms with Crippen molar-refractivity contribution in [2.75, 3.05) is 13.4 Å². The first-order valence-electron chi connectivity index (χ1n) is 9.48. The number of hydrogen-bond acceptors (Lipinski definition) is 7. The van der Waals surface area contributed by atoms with Crippen LogP contribution < -0.4 is 0 Å². The van der Waals surface area contributed by atoms with E-state index < -0.39 is 47.4 Å². The summed E-state index contributed by atoms with van der Waals surface area (Å²) in [6.45, 7) is 9.54. The van der Waals surface area contributed by atoms with Crippen LogP contribution in [0.3, 0.4) is 0 Å². The van der Waals surface area contributed by atoms with E-state index in [0.29, 0.717) is 25.7 Å². The molecule has 0 aromatic heterocycles. The van der Waals surface area contributed by atoms with Crippen LogP contribution >= 0.6 is 0 Å². The lowest BCUT2D eigenvalue weighted by atomic mass is 9.97. The second-order valence-electron chi connectivity index (χ2n) is 8.80. The molecule has 1 unspecified atom stereocenters. The maximum Gasteiger partial charge on any atom is 0.315 e. The van der Waals surface area contributed by atoms with Gasteiger partial charge in [0.05, 0.1) is 16.7 Å². The molecule has 0 radical (unpaired) electrons. The molecule has 0 amide bonds. The van der Waals surface area contributed by atoms with Crippen LogP contribution in [0.5, 0.6) is 0 Å². The Hall–Kier alpha value is -2.12. The number of ether oxygens (including phenoxy) is 3. The monoisotopic (exact) mass is 402 g/mol. The lowest BCUT2D eigenvalue weighted by Gasteiger charge is -2.21. The predicted molar refractivity (Wildman–Crippen MR) is 101 cm³/mol. The second-order valence-corrected chi connectivity index (χ2v) is 8.80. The highest BCUT2D eigenvalue weighted by Crippen LogP contribution is 2.19. The minimum Gasteiger partial charge on any atom is -0.481 e. The average molecular weight is 402 g/mol. The Kier molecular flexibility index (Phi) is 10.8. The largest absolute Gasteiger partial charge is 0.481 e. The van der Waals surface area contributed by atoms with Crippen LogP contribution in [0.25, 0.3) is 0 Å². The van der Waals surface area contributed by atoms with Gasteiger partial charge in [0.1, 0.15) is 6.61 Å². The molecule has 0 rings (SSSR count). The van der Waals surface area contributed by atoms with Crippen molar-refractivity contribution < 1.29 is 38.5 Å². The van der Waals surface area contributed by atoms with Crippen LogP contribution in [-0.4, -0.2) is 42.4 Å². The van der Waals surface area contributed by atoms with Gasteiger partial charge in [-0.1, -0.05) is 12.8 Å². The smallest absolute Gasteiger partial charge is 0.315 e. The third-order valence-corrected chi connectivity index (χ3v) is 3.81. The zero-order chi connectivity index (χ0) is 22.0. The van der Waals surface area contributed by atoms with Crippen LogP contribution in [0.15, 0.2) is 0 Å². The molecule has 1 atom stereocenters. The van der Waals surface area contributed by atoms with Gasteiger partial charge in [-0.2, -0.15) is 0 Å². The summed E-state index contributed by atoms with van der Waals surface area (Å²) >= 11 is 0. The van der Waals surface area contributed by atoms with E-state index in [4.69, 9.17) is 19.3 Å². The Morgan fingerprint density at radius 3 is 1.82 bits per heavy atom. The maximum atomic E-state index is 12.3. The van der Waals surface area contributed by atoms with Crippen molar-refractivity contribution in [3.05, 3.63) is 0 Å². The molecule has 0 saturated heterocycles. The minimum absolute atomic E-state index is 0.0663. The lowest BCUT2D eigenvalue weighted by Crippen LogP contribution is -2.30. The molecule has 0 heterocycles. The van der Waals surface area contributed by atoms with Crippen molar-refractivity contribution in [1.82, 2.24) is 0 Å². The fourth-order valence-corrected chi connectivity index (χ4v) is 1.98. The van der Waals surface area contributed by atoms with Crippen LogP contribution in [0.1, 0.15) is 73.6 Å². The molecule has 0 aliphatic heterocycles. The van der Waals surface area contributed by atoms with Crippen molar-refractivity contribution in [1.29, 1.82) is 0 Å². The van der Waals surface area contributed by atoms with Gasteiger partial charge in [0.25, 0.3) is 0 Å². The van der Waals surface area contributed by atoms with Gasteiger partial charge in [0, 0.05) is 6.42 Å². The normalized spacial score (nSPS) is 12.8. The molecule has 162 valence electrons. The topological polar surface area (TPSA) is 116 Å². The highest BCUT2D eigenvalue weighted by atomic mass is 16.7. The number of aliphatic carboxylic acids is 1. The molecule has 0 spiro atoms. The molecule has 0 fully saturated rings. The second kappa shape index (κ2) is 11.7. The van der Waals surface area contributed by atoms with E-state index in [0.717, 1.165) is 0 Å². The van der Waals surface area contributed by atoms with Gasteiger partial charge in [-0.15, -0.1) is 0 Å². The summed E-state index contributed by atoms with van der Waals surface area (Å²) in [5.41, 5.74) is -1.41. The molecule has 0 saturated carbocycles. The van der Waals surface area contributed by atoms with Crippen molar-refractivity contribution in [3.8, 4) is 0 Å².